The lowest BCUT2D eigenvalue weighted by Gasteiger charge is -2.26. The quantitative estimate of drug-likeness (QED) is 0.714. The average Bonchev–Trinajstić information content (AvgIpc) is 2.94. The number of amides is 1. The van der Waals surface area contributed by atoms with Crippen molar-refractivity contribution in [3.8, 4) is 0 Å². The van der Waals surface area contributed by atoms with Gasteiger partial charge in [0.05, 0.1) is 0 Å². The zero-order valence-corrected chi connectivity index (χ0v) is 10.3. The molecule has 2 unspecified atom stereocenters. The van der Waals surface area contributed by atoms with Crippen molar-refractivity contribution in [2.45, 2.75) is 38.6 Å². The van der Waals surface area contributed by atoms with Gasteiger partial charge in [-0.15, -0.1) is 0 Å². The Morgan fingerprint density at radius 1 is 1.50 bits per heavy atom. The molecule has 1 aliphatic carbocycles. The van der Waals surface area contributed by atoms with Gasteiger partial charge in [0.1, 0.15) is 0 Å². The predicted octanol–water partition coefficient (Wildman–Crippen LogP) is 2.42. The lowest BCUT2D eigenvalue weighted by molar-refractivity contribution is -0.136. The van der Waals surface area contributed by atoms with Crippen LogP contribution in [0.15, 0.2) is 0 Å². The van der Waals surface area contributed by atoms with Gasteiger partial charge in [-0.2, -0.15) is 0 Å². The number of hydrogen-bond donors (Lipinski definition) is 0. The normalized spacial score (nSPS) is 29.3. The van der Waals surface area contributed by atoms with E-state index in [0.717, 1.165) is 11.9 Å². The summed E-state index contributed by atoms with van der Waals surface area (Å²) in [6.07, 6.45) is 4.88. The minimum Gasteiger partial charge on any atom is -0.339 e. The minimum atomic E-state index is 0.273. The van der Waals surface area contributed by atoms with Crippen LogP contribution < -0.4 is 0 Å². The van der Waals surface area contributed by atoms with Gasteiger partial charge in [-0.3, -0.25) is 4.79 Å². The Morgan fingerprint density at radius 3 is 2.79 bits per heavy atom. The maximum absolute atomic E-state index is 12.1. The summed E-state index contributed by atoms with van der Waals surface area (Å²) in [6, 6.07) is 0.462. The maximum Gasteiger partial charge on any atom is 0.225 e. The molecule has 1 heterocycles. The van der Waals surface area contributed by atoms with Crippen LogP contribution in [0, 0.1) is 11.8 Å². The van der Waals surface area contributed by atoms with Gasteiger partial charge in [0.15, 0.2) is 0 Å². The molecule has 2 fully saturated rings. The zero-order chi connectivity index (χ0) is 10.1. The number of nitrogens with zero attached hydrogens (tertiary/aromatic N) is 1. The molecule has 0 aromatic heterocycles. The fraction of sp³-hybridized carbons (Fsp3) is 0.909. The third kappa shape index (κ3) is 1.97. The number of carbonyl (C=O) groups is 1. The number of hydrogen-bond acceptors (Lipinski definition) is 1. The summed E-state index contributed by atoms with van der Waals surface area (Å²) in [7, 11) is 0. The first-order valence-electron chi connectivity index (χ1n) is 5.60. The highest BCUT2D eigenvalue weighted by molar-refractivity contribution is 9.09. The second kappa shape index (κ2) is 4.21. The van der Waals surface area contributed by atoms with E-state index in [4.69, 9.17) is 0 Å². The van der Waals surface area contributed by atoms with Crippen LogP contribution in [0.25, 0.3) is 0 Å². The second-order valence-corrected chi connectivity index (χ2v) is 5.26. The van der Waals surface area contributed by atoms with Crippen molar-refractivity contribution in [2.24, 2.45) is 11.8 Å². The SMILES string of the molecule is CC(C(=O)N1CCCC1CBr)C1CC1. The molecular formula is C11H18BrNO. The molecule has 2 rings (SSSR count). The monoisotopic (exact) mass is 259 g/mol. The molecule has 2 atom stereocenters. The van der Waals surface area contributed by atoms with E-state index in [2.05, 4.69) is 27.8 Å². The van der Waals surface area contributed by atoms with Crippen LogP contribution in [-0.2, 0) is 4.79 Å². The van der Waals surface area contributed by atoms with E-state index in [1.165, 1.54) is 25.7 Å². The van der Waals surface area contributed by atoms with Gasteiger partial charge in [0, 0.05) is 23.8 Å². The summed E-state index contributed by atoms with van der Waals surface area (Å²) < 4.78 is 0. The summed E-state index contributed by atoms with van der Waals surface area (Å²) in [4.78, 5) is 14.2. The van der Waals surface area contributed by atoms with Crippen LogP contribution in [0.5, 0.6) is 0 Å². The maximum atomic E-state index is 12.1. The number of carbonyl (C=O) groups excluding carboxylic acids is 1. The molecule has 0 aromatic carbocycles. The van der Waals surface area contributed by atoms with Crippen LogP contribution in [0.3, 0.4) is 0 Å². The molecule has 2 aliphatic rings. The molecular weight excluding hydrogens is 242 g/mol. The fourth-order valence-corrected chi connectivity index (χ4v) is 3.02. The first kappa shape index (κ1) is 10.5. The van der Waals surface area contributed by atoms with Gasteiger partial charge >= 0.3 is 0 Å². The summed E-state index contributed by atoms with van der Waals surface area (Å²) in [5.41, 5.74) is 0. The van der Waals surface area contributed by atoms with E-state index in [0.29, 0.717) is 17.9 Å². The van der Waals surface area contributed by atoms with Gasteiger partial charge in [0.25, 0.3) is 0 Å². The van der Waals surface area contributed by atoms with Crippen LogP contribution in [0.1, 0.15) is 32.6 Å². The highest BCUT2D eigenvalue weighted by Crippen LogP contribution is 2.38. The standard InChI is InChI=1S/C11H18BrNO/c1-8(9-4-5-9)11(14)13-6-2-3-10(13)7-12/h8-10H,2-7H2,1H3. The van der Waals surface area contributed by atoms with Gasteiger partial charge in [-0.05, 0) is 31.6 Å². The van der Waals surface area contributed by atoms with Crippen molar-refractivity contribution in [1.29, 1.82) is 0 Å². The summed E-state index contributed by atoms with van der Waals surface area (Å²) in [5, 5.41) is 0.941. The molecule has 1 amide bonds. The third-order valence-corrected chi connectivity index (χ3v) is 4.30. The molecule has 0 N–H and O–H groups in total. The topological polar surface area (TPSA) is 20.3 Å². The molecule has 80 valence electrons. The number of halogens is 1. The van der Waals surface area contributed by atoms with Crippen molar-refractivity contribution in [3.63, 3.8) is 0 Å². The molecule has 2 nitrogen and oxygen atoms in total. The van der Waals surface area contributed by atoms with Gasteiger partial charge < -0.3 is 4.90 Å². The van der Waals surface area contributed by atoms with Gasteiger partial charge in [0.2, 0.25) is 5.91 Å². The summed E-state index contributed by atoms with van der Waals surface area (Å²) >= 11 is 3.49. The smallest absolute Gasteiger partial charge is 0.225 e. The first-order chi connectivity index (χ1) is 6.74. The Morgan fingerprint density at radius 2 is 2.21 bits per heavy atom. The van der Waals surface area contributed by atoms with E-state index < -0.39 is 0 Å². The predicted molar refractivity (Wildman–Crippen MR) is 60.4 cm³/mol. The second-order valence-electron chi connectivity index (χ2n) is 4.61. The lowest BCUT2D eigenvalue weighted by atomic mass is 10.0. The molecule has 0 aromatic rings. The molecule has 1 saturated heterocycles. The molecule has 0 bridgehead atoms. The molecule has 0 spiro atoms. The first-order valence-corrected chi connectivity index (χ1v) is 6.72. The van der Waals surface area contributed by atoms with E-state index in [9.17, 15) is 4.79 Å². The van der Waals surface area contributed by atoms with Gasteiger partial charge in [-0.25, -0.2) is 0 Å². The number of alkyl halides is 1. The Balaban J connectivity index is 1.95. The Hall–Kier alpha value is -0.0500. The van der Waals surface area contributed by atoms with Crippen LogP contribution in [0.4, 0.5) is 0 Å². The van der Waals surface area contributed by atoms with Gasteiger partial charge in [-0.1, -0.05) is 22.9 Å². The minimum absolute atomic E-state index is 0.273. The van der Waals surface area contributed by atoms with E-state index in [1.807, 2.05) is 0 Å². The number of likely N-dealkylation sites (tertiary alicyclic amines) is 1. The van der Waals surface area contributed by atoms with Crippen LogP contribution in [-0.4, -0.2) is 28.7 Å². The van der Waals surface area contributed by atoms with Crippen molar-refractivity contribution in [2.75, 3.05) is 11.9 Å². The van der Waals surface area contributed by atoms with Crippen molar-refractivity contribution in [1.82, 2.24) is 4.90 Å². The molecule has 14 heavy (non-hydrogen) atoms. The van der Waals surface area contributed by atoms with Crippen molar-refractivity contribution in [3.05, 3.63) is 0 Å². The molecule has 1 aliphatic heterocycles. The average molecular weight is 260 g/mol. The van der Waals surface area contributed by atoms with Crippen LogP contribution in [0.2, 0.25) is 0 Å². The largest absolute Gasteiger partial charge is 0.339 e. The van der Waals surface area contributed by atoms with Crippen molar-refractivity contribution < 1.29 is 4.79 Å². The Labute approximate surface area is 94.2 Å². The molecule has 1 saturated carbocycles. The highest BCUT2D eigenvalue weighted by Gasteiger charge is 2.37. The Kier molecular flexibility index (Phi) is 3.15. The van der Waals surface area contributed by atoms with Crippen LogP contribution >= 0.6 is 15.9 Å². The number of rotatable bonds is 3. The van der Waals surface area contributed by atoms with E-state index >= 15 is 0 Å². The highest BCUT2D eigenvalue weighted by atomic mass is 79.9. The summed E-state index contributed by atoms with van der Waals surface area (Å²) in [5.74, 6) is 1.36. The van der Waals surface area contributed by atoms with E-state index in [-0.39, 0.29) is 5.92 Å². The van der Waals surface area contributed by atoms with Crippen molar-refractivity contribution >= 4 is 21.8 Å². The third-order valence-electron chi connectivity index (χ3n) is 3.56. The fourth-order valence-electron chi connectivity index (χ4n) is 2.35. The zero-order valence-electron chi connectivity index (χ0n) is 8.71. The Bertz CT molecular complexity index is 227. The summed E-state index contributed by atoms with van der Waals surface area (Å²) in [6.45, 7) is 3.08. The molecule has 0 radical (unpaired) electrons. The van der Waals surface area contributed by atoms with E-state index in [1.54, 1.807) is 0 Å². The lowest BCUT2D eigenvalue weighted by Crippen LogP contribution is -2.40. The molecule has 3 heteroatoms.